The molecule has 2 amide bonds. The smallest absolute Gasteiger partial charge is 0.412 e. The average molecular weight is 337 g/mol. The van der Waals surface area contributed by atoms with E-state index >= 15 is 0 Å². The lowest BCUT2D eigenvalue weighted by Crippen LogP contribution is -2.28. The van der Waals surface area contributed by atoms with E-state index in [2.05, 4.69) is 19.7 Å². The second kappa shape index (κ2) is 7.19. The monoisotopic (exact) mass is 337 g/mol. The molecule has 1 atom stereocenters. The van der Waals surface area contributed by atoms with Crippen molar-refractivity contribution in [1.29, 1.82) is 0 Å². The molecule has 0 fully saturated rings. The highest BCUT2D eigenvalue weighted by molar-refractivity contribution is 7.11. The van der Waals surface area contributed by atoms with Crippen LogP contribution in [-0.2, 0) is 4.74 Å². The Morgan fingerprint density at radius 3 is 2.57 bits per heavy atom. The molecule has 2 N–H and O–H groups in total. The summed E-state index contributed by atoms with van der Waals surface area (Å²) >= 11 is 1.00. The number of aromatic nitrogens is 1. The van der Waals surface area contributed by atoms with Crippen molar-refractivity contribution in [2.24, 2.45) is 0 Å². The van der Waals surface area contributed by atoms with Gasteiger partial charge in [0.05, 0.1) is 24.4 Å². The highest BCUT2D eigenvalue weighted by atomic mass is 32.1. The van der Waals surface area contributed by atoms with Crippen molar-refractivity contribution >= 4 is 28.5 Å². The Hall–Kier alpha value is -2.48. The zero-order valence-electron chi connectivity index (χ0n) is 12.8. The molecule has 2 rings (SSSR count). The van der Waals surface area contributed by atoms with Gasteiger partial charge in [0.25, 0.3) is 5.91 Å². The van der Waals surface area contributed by atoms with Crippen LogP contribution in [0.4, 0.5) is 14.2 Å². The van der Waals surface area contributed by atoms with E-state index in [1.165, 1.54) is 19.2 Å². The van der Waals surface area contributed by atoms with Gasteiger partial charge in [-0.2, -0.15) is 4.37 Å². The number of hydrogen-bond acceptors (Lipinski definition) is 5. The van der Waals surface area contributed by atoms with Gasteiger partial charge >= 0.3 is 6.09 Å². The first-order valence-corrected chi connectivity index (χ1v) is 7.57. The number of aryl methyl sites for hydroxylation is 1. The molecule has 0 aliphatic rings. The van der Waals surface area contributed by atoms with Crippen LogP contribution in [0, 0.1) is 12.7 Å². The predicted octanol–water partition coefficient (Wildman–Crippen LogP) is 3.26. The maximum Gasteiger partial charge on any atom is 0.412 e. The van der Waals surface area contributed by atoms with Crippen LogP contribution in [0.5, 0.6) is 0 Å². The summed E-state index contributed by atoms with van der Waals surface area (Å²) in [4.78, 5) is 23.8. The van der Waals surface area contributed by atoms with Gasteiger partial charge in [-0.05, 0) is 43.1 Å². The van der Waals surface area contributed by atoms with Crippen LogP contribution in [0.1, 0.15) is 34.6 Å². The van der Waals surface area contributed by atoms with Crippen molar-refractivity contribution in [2.75, 3.05) is 12.4 Å². The quantitative estimate of drug-likeness (QED) is 0.897. The molecule has 23 heavy (non-hydrogen) atoms. The number of hydrogen-bond donors (Lipinski definition) is 2. The van der Waals surface area contributed by atoms with Crippen LogP contribution in [0.2, 0.25) is 0 Å². The fourth-order valence-corrected chi connectivity index (χ4v) is 2.75. The van der Waals surface area contributed by atoms with Crippen LogP contribution >= 0.6 is 11.5 Å². The summed E-state index contributed by atoms with van der Waals surface area (Å²) in [6, 6.07) is 5.55. The molecule has 8 heteroatoms. The first-order valence-electron chi connectivity index (χ1n) is 6.80. The highest BCUT2D eigenvalue weighted by Gasteiger charge is 2.21. The molecule has 1 aromatic carbocycles. The summed E-state index contributed by atoms with van der Waals surface area (Å²) < 4.78 is 21.5. The fourth-order valence-electron chi connectivity index (χ4n) is 1.97. The zero-order chi connectivity index (χ0) is 17.0. The molecule has 1 heterocycles. The minimum Gasteiger partial charge on any atom is -0.453 e. The Labute approximate surface area is 136 Å². The van der Waals surface area contributed by atoms with E-state index in [4.69, 9.17) is 0 Å². The van der Waals surface area contributed by atoms with E-state index in [9.17, 15) is 14.0 Å². The van der Waals surface area contributed by atoms with Crippen LogP contribution in [0.25, 0.3) is 0 Å². The Kier molecular flexibility index (Phi) is 5.28. The third kappa shape index (κ3) is 4.04. The number of halogens is 1. The van der Waals surface area contributed by atoms with Crippen molar-refractivity contribution in [2.45, 2.75) is 19.9 Å². The van der Waals surface area contributed by atoms with Gasteiger partial charge in [-0.25, -0.2) is 9.18 Å². The molecular formula is C15H16FN3O3S. The van der Waals surface area contributed by atoms with E-state index in [0.29, 0.717) is 10.7 Å². The Bertz CT molecular complexity index is 715. The normalized spacial score (nSPS) is 11.7. The molecule has 0 unspecified atom stereocenters. The minimum atomic E-state index is -0.672. The van der Waals surface area contributed by atoms with Gasteiger partial charge in [0, 0.05) is 0 Å². The molecule has 0 saturated heterocycles. The lowest BCUT2D eigenvalue weighted by Gasteiger charge is -2.15. The van der Waals surface area contributed by atoms with Crippen LogP contribution < -0.4 is 10.6 Å². The van der Waals surface area contributed by atoms with E-state index in [1.54, 1.807) is 26.0 Å². The average Bonchev–Trinajstić information content (AvgIpc) is 2.88. The van der Waals surface area contributed by atoms with E-state index in [-0.39, 0.29) is 23.3 Å². The molecule has 0 aliphatic carbocycles. The SMILES string of the molecule is COC(=O)Nc1snc(C)c1C(=O)N[C@H](C)c1ccc(F)cc1. The first kappa shape index (κ1) is 16.9. The third-order valence-corrected chi connectivity index (χ3v) is 4.06. The summed E-state index contributed by atoms with van der Waals surface area (Å²) in [6.45, 7) is 3.46. The number of amides is 2. The van der Waals surface area contributed by atoms with Crippen molar-refractivity contribution in [3.8, 4) is 0 Å². The molecule has 0 aliphatic heterocycles. The third-order valence-electron chi connectivity index (χ3n) is 3.21. The van der Waals surface area contributed by atoms with Crippen molar-refractivity contribution in [3.05, 3.63) is 46.9 Å². The van der Waals surface area contributed by atoms with Gasteiger partial charge in [0.15, 0.2) is 0 Å². The number of anilines is 1. The maximum absolute atomic E-state index is 13.0. The molecule has 0 saturated carbocycles. The topological polar surface area (TPSA) is 80.3 Å². The summed E-state index contributed by atoms with van der Waals surface area (Å²) in [5.74, 6) is -0.714. The highest BCUT2D eigenvalue weighted by Crippen LogP contribution is 2.25. The second-order valence-electron chi connectivity index (χ2n) is 4.84. The van der Waals surface area contributed by atoms with E-state index < -0.39 is 6.09 Å². The van der Waals surface area contributed by atoms with Crippen LogP contribution in [0.3, 0.4) is 0 Å². The summed E-state index contributed by atoms with van der Waals surface area (Å²) in [5, 5.41) is 5.59. The van der Waals surface area contributed by atoms with Crippen LogP contribution in [0.15, 0.2) is 24.3 Å². The Balaban J connectivity index is 2.15. The number of nitrogens with one attached hydrogen (secondary N) is 2. The van der Waals surface area contributed by atoms with Gasteiger partial charge in [0.2, 0.25) is 0 Å². The first-order chi connectivity index (χ1) is 10.9. The number of benzene rings is 1. The molecular weight excluding hydrogens is 321 g/mol. The number of nitrogens with zero attached hydrogens (tertiary/aromatic N) is 1. The molecule has 0 spiro atoms. The number of ether oxygens (including phenoxy) is 1. The van der Waals surface area contributed by atoms with Crippen LogP contribution in [-0.4, -0.2) is 23.5 Å². The Morgan fingerprint density at radius 2 is 1.96 bits per heavy atom. The molecule has 122 valence electrons. The molecule has 2 aromatic rings. The summed E-state index contributed by atoms with van der Waals surface area (Å²) in [6.07, 6.45) is -0.672. The number of rotatable bonds is 4. The van der Waals surface area contributed by atoms with E-state index in [1.807, 2.05) is 0 Å². The summed E-state index contributed by atoms with van der Waals surface area (Å²) in [5.41, 5.74) is 1.56. The molecule has 0 bridgehead atoms. The van der Waals surface area contributed by atoms with Crippen molar-refractivity contribution in [3.63, 3.8) is 0 Å². The summed E-state index contributed by atoms with van der Waals surface area (Å²) in [7, 11) is 1.24. The van der Waals surface area contributed by atoms with Crippen molar-refractivity contribution in [1.82, 2.24) is 9.69 Å². The van der Waals surface area contributed by atoms with E-state index in [0.717, 1.165) is 17.1 Å². The largest absolute Gasteiger partial charge is 0.453 e. The number of carbonyl (C=O) groups is 2. The second-order valence-corrected chi connectivity index (χ2v) is 5.61. The Morgan fingerprint density at radius 1 is 1.30 bits per heavy atom. The van der Waals surface area contributed by atoms with Gasteiger partial charge < -0.3 is 10.1 Å². The van der Waals surface area contributed by atoms with Crippen molar-refractivity contribution < 1.29 is 18.7 Å². The standard InChI is InChI=1S/C15H16FN3O3S/c1-8(10-4-6-11(16)7-5-10)17-13(20)12-9(2)19-23-14(12)18-15(21)22-3/h4-8H,1-3H3,(H,17,20)(H,18,21)/t8-/m1/s1. The minimum absolute atomic E-state index is 0.286. The zero-order valence-corrected chi connectivity index (χ0v) is 13.7. The predicted molar refractivity (Wildman–Crippen MR) is 85.2 cm³/mol. The van der Waals surface area contributed by atoms with Gasteiger partial charge in [-0.15, -0.1) is 0 Å². The number of carbonyl (C=O) groups excluding carboxylic acids is 2. The lowest BCUT2D eigenvalue weighted by atomic mass is 10.1. The molecule has 6 nitrogen and oxygen atoms in total. The maximum atomic E-state index is 13.0. The molecule has 1 aromatic heterocycles. The molecule has 0 radical (unpaired) electrons. The van der Waals surface area contributed by atoms with Gasteiger partial charge in [-0.1, -0.05) is 12.1 Å². The lowest BCUT2D eigenvalue weighted by molar-refractivity contribution is 0.0940. The number of methoxy groups -OCH3 is 1. The van der Waals surface area contributed by atoms with Gasteiger partial charge in [0.1, 0.15) is 10.8 Å². The van der Waals surface area contributed by atoms with Gasteiger partial charge in [-0.3, -0.25) is 10.1 Å². The fraction of sp³-hybridized carbons (Fsp3) is 0.267.